The fourth-order valence-electron chi connectivity index (χ4n) is 3.31. The summed E-state index contributed by atoms with van der Waals surface area (Å²) in [6.07, 6.45) is 6.26. The summed E-state index contributed by atoms with van der Waals surface area (Å²) in [7, 11) is 0. The third kappa shape index (κ3) is 4.82. The largest absolute Gasteiger partial charge is 0.381 e. The van der Waals surface area contributed by atoms with Crippen LogP contribution >= 0.6 is 11.6 Å². The van der Waals surface area contributed by atoms with Crippen molar-refractivity contribution in [1.82, 2.24) is 10.3 Å². The first kappa shape index (κ1) is 16.5. The van der Waals surface area contributed by atoms with Gasteiger partial charge in [0, 0.05) is 45.0 Å². The maximum absolute atomic E-state index is 12.2. The molecule has 0 aliphatic carbocycles. The molecule has 23 heavy (non-hydrogen) atoms. The van der Waals surface area contributed by atoms with E-state index in [1.165, 1.54) is 0 Å². The van der Waals surface area contributed by atoms with E-state index in [4.69, 9.17) is 16.3 Å². The molecule has 2 saturated heterocycles. The van der Waals surface area contributed by atoms with E-state index in [1.807, 2.05) is 12.1 Å². The lowest BCUT2D eigenvalue weighted by Gasteiger charge is -2.33. The second-order valence-electron chi connectivity index (χ2n) is 6.42. The minimum absolute atomic E-state index is 0.194. The smallest absolute Gasteiger partial charge is 0.220 e. The maximum atomic E-state index is 12.2. The number of carbonyl (C=O) groups excluding carboxylic acids is 1. The summed E-state index contributed by atoms with van der Waals surface area (Å²) in [5, 5.41) is 3.82. The Morgan fingerprint density at radius 3 is 2.65 bits per heavy atom. The quantitative estimate of drug-likeness (QED) is 0.917. The molecule has 2 aliphatic rings. The van der Waals surface area contributed by atoms with Gasteiger partial charge in [-0.2, -0.15) is 0 Å². The topological polar surface area (TPSA) is 54.5 Å². The molecule has 0 spiro atoms. The fourth-order valence-corrected chi connectivity index (χ4v) is 3.42. The molecular formula is C17H24ClN3O2. The number of carbonyl (C=O) groups is 1. The summed E-state index contributed by atoms with van der Waals surface area (Å²) in [6, 6.07) is 4.13. The van der Waals surface area contributed by atoms with Crippen LogP contribution in [-0.4, -0.2) is 43.2 Å². The van der Waals surface area contributed by atoms with Gasteiger partial charge in [-0.1, -0.05) is 11.6 Å². The number of hydrogen-bond acceptors (Lipinski definition) is 4. The van der Waals surface area contributed by atoms with Crippen molar-refractivity contribution in [1.29, 1.82) is 0 Å². The van der Waals surface area contributed by atoms with Gasteiger partial charge in [0.05, 0.1) is 5.02 Å². The molecule has 0 aromatic carbocycles. The van der Waals surface area contributed by atoms with Gasteiger partial charge >= 0.3 is 0 Å². The van der Waals surface area contributed by atoms with Crippen LogP contribution in [0.2, 0.25) is 5.02 Å². The van der Waals surface area contributed by atoms with Gasteiger partial charge in [0.25, 0.3) is 0 Å². The average Bonchev–Trinajstić information content (AvgIpc) is 2.57. The lowest BCUT2D eigenvalue weighted by atomic mass is 9.93. The van der Waals surface area contributed by atoms with Crippen molar-refractivity contribution in [3.05, 3.63) is 23.4 Å². The number of pyridine rings is 1. The van der Waals surface area contributed by atoms with E-state index >= 15 is 0 Å². The van der Waals surface area contributed by atoms with Crippen LogP contribution in [0.5, 0.6) is 0 Å². The van der Waals surface area contributed by atoms with Gasteiger partial charge in [0.15, 0.2) is 0 Å². The highest BCUT2D eigenvalue weighted by Crippen LogP contribution is 2.24. The predicted octanol–water partition coefficient (Wildman–Crippen LogP) is 2.64. The van der Waals surface area contributed by atoms with Crippen molar-refractivity contribution in [2.45, 2.75) is 38.1 Å². The molecule has 126 valence electrons. The van der Waals surface area contributed by atoms with Crippen LogP contribution in [0.15, 0.2) is 18.3 Å². The van der Waals surface area contributed by atoms with Crippen molar-refractivity contribution in [2.24, 2.45) is 5.92 Å². The SMILES string of the molecule is O=C(CC1CCN(c2ccc(Cl)cn2)CC1)NC1CCOCC1. The zero-order valence-electron chi connectivity index (χ0n) is 13.3. The lowest BCUT2D eigenvalue weighted by molar-refractivity contribution is -0.123. The number of halogens is 1. The first-order valence-electron chi connectivity index (χ1n) is 8.44. The summed E-state index contributed by atoms with van der Waals surface area (Å²) < 4.78 is 5.32. The zero-order chi connectivity index (χ0) is 16.1. The Kier molecular flexibility index (Phi) is 5.73. The molecule has 2 fully saturated rings. The summed E-state index contributed by atoms with van der Waals surface area (Å²) in [4.78, 5) is 18.8. The van der Waals surface area contributed by atoms with Crippen molar-refractivity contribution < 1.29 is 9.53 Å². The molecule has 5 nitrogen and oxygen atoms in total. The average molecular weight is 338 g/mol. The fraction of sp³-hybridized carbons (Fsp3) is 0.647. The van der Waals surface area contributed by atoms with Crippen LogP contribution in [0.1, 0.15) is 32.1 Å². The minimum atomic E-state index is 0.194. The third-order valence-electron chi connectivity index (χ3n) is 4.71. The number of nitrogens with zero attached hydrogens (tertiary/aromatic N) is 2. The van der Waals surface area contributed by atoms with Gasteiger partial charge in [-0.3, -0.25) is 4.79 Å². The molecular weight excluding hydrogens is 314 g/mol. The van der Waals surface area contributed by atoms with Crippen LogP contribution in [-0.2, 0) is 9.53 Å². The summed E-state index contributed by atoms with van der Waals surface area (Å²) >= 11 is 5.88. The number of nitrogens with one attached hydrogen (secondary N) is 1. The van der Waals surface area contributed by atoms with Crippen LogP contribution in [0.25, 0.3) is 0 Å². The van der Waals surface area contributed by atoms with E-state index in [0.29, 0.717) is 23.4 Å². The van der Waals surface area contributed by atoms with Crippen LogP contribution in [0, 0.1) is 5.92 Å². The van der Waals surface area contributed by atoms with Gasteiger partial charge in [-0.05, 0) is 43.7 Å². The molecule has 0 saturated carbocycles. The number of anilines is 1. The van der Waals surface area contributed by atoms with E-state index in [9.17, 15) is 4.79 Å². The second kappa shape index (κ2) is 7.97. The summed E-state index contributed by atoms with van der Waals surface area (Å²) in [5.41, 5.74) is 0. The predicted molar refractivity (Wildman–Crippen MR) is 90.8 cm³/mol. The highest BCUT2D eigenvalue weighted by Gasteiger charge is 2.23. The number of ether oxygens (including phenoxy) is 1. The number of rotatable bonds is 4. The van der Waals surface area contributed by atoms with E-state index in [0.717, 1.165) is 57.8 Å². The number of aromatic nitrogens is 1. The van der Waals surface area contributed by atoms with E-state index in [2.05, 4.69) is 15.2 Å². The molecule has 1 aromatic rings. The Balaban J connectivity index is 1.41. The van der Waals surface area contributed by atoms with Crippen LogP contribution < -0.4 is 10.2 Å². The van der Waals surface area contributed by atoms with Crippen LogP contribution in [0.4, 0.5) is 5.82 Å². The zero-order valence-corrected chi connectivity index (χ0v) is 14.1. The van der Waals surface area contributed by atoms with Gasteiger partial charge in [0.2, 0.25) is 5.91 Å². The Bertz CT molecular complexity index is 509. The molecule has 0 unspecified atom stereocenters. The van der Waals surface area contributed by atoms with E-state index < -0.39 is 0 Å². The molecule has 6 heteroatoms. The number of hydrogen-bond donors (Lipinski definition) is 1. The lowest BCUT2D eigenvalue weighted by Crippen LogP contribution is -2.41. The molecule has 0 radical (unpaired) electrons. The van der Waals surface area contributed by atoms with Gasteiger partial charge < -0.3 is 15.0 Å². The molecule has 0 bridgehead atoms. The molecule has 1 N–H and O–H groups in total. The number of amides is 1. The molecule has 1 amide bonds. The minimum Gasteiger partial charge on any atom is -0.381 e. The van der Waals surface area contributed by atoms with Crippen molar-refractivity contribution in [3.8, 4) is 0 Å². The van der Waals surface area contributed by atoms with Crippen molar-refractivity contribution in [2.75, 3.05) is 31.2 Å². The molecule has 1 aromatic heterocycles. The van der Waals surface area contributed by atoms with Gasteiger partial charge in [-0.15, -0.1) is 0 Å². The van der Waals surface area contributed by atoms with Gasteiger partial charge in [-0.25, -0.2) is 4.98 Å². The third-order valence-corrected chi connectivity index (χ3v) is 4.93. The van der Waals surface area contributed by atoms with Crippen molar-refractivity contribution in [3.63, 3.8) is 0 Å². The maximum Gasteiger partial charge on any atom is 0.220 e. The Labute approximate surface area is 142 Å². The highest BCUT2D eigenvalue weighted by molar-refractivity contribution is 6.30. The first-order chi connectivity index (χ1) is 11.2. The first-order valence-corrected chi connectivity index (χ1v) is 8.82. The molecule has 3 rings (SSSR count). The Morgan fingerprint density at radius 2 is 2.00 bits per heavy atom. The number of piperidine rings is 1. The molecule has 2 aliphatic heterocycles. The molecule has 3 heterocycles. The summed E-state index contributed by atoms with van der Waals surface area (Å²) in [5.74, 6) is 1.64. The van der Waals surface area contributed by atoms with E-state index in [1.54, 1.807) is 6.20 Å². The molecule has 0 atom stereocenters. The second-order valence-corrected chi connectivity index (χ2v) is 6.86. The Morgan fingerprint density at radius 1 is 1.26 bits per heavy atom. The van der Waals surface area contributed by atoms with Crippen LogP contribution in [0.3, 0.4) is 0 Å². The monoisotopic (exact) mass is 337 g/mol. The van der Waals surface area contributed by atoms with Gasteiger partial charge in [0.1, 0.15) is 5.82 Å². The Hall–Kier alpha value is -1.33. The van der Waals surface area contributed by atoms with E-state index in [-0.39, 0.29) is 5.91 Å². The summed E-state index contributed by atoms with van der Waals surface area (Å²) in [6.45, 7) is 3.42. The van der Waals surface area contributed by atoms with Crippen molar-refractivity contribution >= 4 is 23.3 Å². The normalized spacial score (nSPS) is 20.5. The standard InChI is InChI=1S/C17H24ClN3O2/c18-14-1-2-16(19-12-14)21-7-3-13(4-8-21)11-17(22)20-15-5-9-23-10-6-15/h1-2,12-13,15H,3-11H2,(H,20,22). The highest BCUT2D eigenvalue weighted by atomic mass is 35.5.